The van der Waals surface area contributed by atoms with Crippen molar-refractivity contribution in [2.24, 2.45) is 0 Å². The lowest BCUT2D eigenvalue weighted by molar-refractivity contribution is 0.195. The third-order valence-electron chi connectivity index (χ3n) is 2.53. The number of amides is 1. The molecule has 0 saturated carbocycles. The van der Waals surface area contributed by atoms with Crippen LogP contribution in [0.4, 0.5) is 4.79 Å². The van der Waals surface area contributed by atoms with Crippen LogP contribution in [0.3, 0.4) is 0 Å². The average molecular weight is 305 g/mol. The van der Waals surface area contributed by atoms with Crippen LogP contribution in [0.1, 0.15) is 0 Å². The van der Waals surface area contributed by atoms with Gasteiger partial charge in [-0.1, -0.05) is 11.3 Å². The summed E-state index contributed by atoms with van der Waals surface area (Å²) in [6, 6.07) is 5.37. The Bertz CT molecular complexity index is 692. The molecule has 0 radical (unpaired) electrons. The van der Waals surface area contributed by atoms with Crippen molar-refractivity contribution in [2.45, 2.75) is 6.54 Å². The van der Waals surface area contributed by atoms with Gasteiger partial charge in [0.15, 0.2) is 5.76 Å². The van der Waals surface area contributed by atoms with Crippen molar-refractivity contribution in [3.05, 3.63) is 36.0 Å². The zero-order valence-electron chi connectivity index (χ0n) is 10.8. The number of hydrogen-bond acceptors (Lipinski definition) is 7. The first kappa shape index (κ1) is 13.3. The van der Waals surface area contributed by atoms with Gasteiger partial charge in [0.25, 0.3) is 5.88 Å². The van der Waals surface area contributed by atoms with Gasteiger partial charge in [-0.05, 0) is 16.6 Å². The van der Waals surface area contributed by atoms with Crippen LogP contribution in [0.5, 0.6) is 5.88 Å². The van der Waals surface area contributed by atoms with Crippen LogP contribution in [0.2, 0.25) is 0 Å². The van der Waals surface area contributed by atoms with E-state index in [1.165, 1.54) is 11.3 Å². The van der Waals surface area contributed by atoms with E-state index in [9.17, 15) is 4.79 Å². The lowest BCUT2D eigenvalue weighted by Crippen LogP contribution is -2.30. The summed E-state index contributed by atoms with van der Waals surface area (Å²) >= 11 is 1.52. The molecule has 8 nitrogen and oxygen atoms in total. The fourth-order valence-corrected chi connectivity index (χ4v) is 2.27. The number of carbonyl (C=O) groups excluding carboxylic acids is 1. The fraction of sp³-hybridized carbons (Fsp3) is 0.167. The van der Waals surface area contributed by atoms with Crippen molar-refractivity contribution < 1.29 is 14.1 Å². The highest BCUT2D eigenvalue weighted by atomic mass is 32.1. The second kappa shape index (κ2) is 6.18. The molecule has 108 valence electrons. The summed E-state index contributed by atoms with van der Waals surface area (Å²) in [5.41, 5.74) is 0. The van der Waals surface area contributed by atoms with E-state index in [1.54, 1.807) is 23.1 Å². The SMILES string of the molecule is O=C(NCCn1ccnn1)Oc1cc(-c2cccs2)on1. The number of nitrogens with one attached hydrogen (secondary N) is 1. The molecule has 3 aromatic heterocycles. The molecule has 0 aromatic carbocycles. The van der Waals surface area contributed by atoms with Crippen LogP contribution in [0.25, 0.3) is 10.6 Å². The third-order valence-corrected chi connectivity index (χ3v) is 3.42. The van der Waals surface area contributed by atoms with E-state index in [0.29, 0.717) is 18.8 Å². The Kier molecular flexibility index (Phi) is 3.92. The highest BCUT2D eigenvalue weighted by Crippen LogP contribution is 2.27. The van der Waals surface area contributed by atoms with Gasteiger partial charge in [-0.15, -0.1) is 16.4 Å². The van der Waals surface area contributed by atoms with E-state index in [0.717, 1.165) is 4.88 Å². The van der Waals surface area contributed by atoms with Crippen LogP contribution in [0.15, 0.2) is 40.5 Å². The monoisotopic (exact) mass is 305 g/mol. The number of aromatic nitrogens is 4. The molecule has 0 unspecified atom stereocenters. The maximum Gasteiger partial charge on any atom is 0.414 e. The molecule has 0 aliphatic rings. The van der Waals surface area contributed by atoms with Crippen LogP contribution in [-0.4, -0.2) is 32.8 Å². The lowest BCUT2D eigenvalue weighted by atomic mass is 10.4. The van der Waals surface area contributed by atoms with Crippen molar-refractivity contribution in [3.63, 3.8) is 0 Å². The number of ether oxygens (including phenoxy) is 1. The second-order valence-corrected chi connectivity index (χ2v) is 4.94. The average Bonchev–Trinajstić information content (AvgIpc) is 3.21. The van der Waals surface area contributed by atoms with Crippen molar-refractivity contribution in [1.29, 1.82) is 0 Å². The molecule has 1 N–H and O–H groups in total. The minimum atomic E-state index is -0.596. The van der Waals surface area contributed by atoms with Crippen molar-refractivity contribution >= 4 is 17.4 Å². The van der Waals surface area contributed by atoms with Gasteiger partial charge in [0.2, 0.25) is 0 Å². The van der Waals surface area contributed by atoms with Gasteiger partial charge in [-0.2, -0.15) is 0 Å². The summed E-state index contributed by atoms with van der Waals surface area (Å²) in [7, 11) is 0. The van der Waals surface area contributed by atoms with Gasteiger partial charge in [-0.3, -0.25) is 4.68 Å². The minimum absolute atomic E-state index is 0.122. The molecule has 1 amide bonds. The Morgan fingerprint density at radius 1 is 1.52 bits per heavy atom. The first-order valence-corrected chi connectivity index (χ1v) is 6.99. The largest absolute Gasteiger partial charge is 0.414 e. The summed E-state index contributed by atoms with van der Waals surface area (Å²) in [5.74, 6) is 0.687. The van der Waals surface area contributed by atoms with Gasteiger partial charge >= 0.3 is 6.09 Å². The van der Waals surface area contributed by atoms with Gasteiger partial charge in [0, 0.05) is 12.7 Å². The maximum atomic E-state index is 11.6. The second-order valence-electron chi connectivity index (χ2n) is 3.99. The number of carbonyl (C=O) groups is 1. The van der Waals surface area contributed by atoms with E-state index in [4.69, 9.17) is 9.26 Å². The summed E-state index contributed by atoms with van der Waals surface area (Å²) in [6.45, 7) is 0.881. The lowest BCUT2D eigenvalue weighted by Gasteiger charge is -2.03. The molecule has 0 aliphatic carbocycles. The van der Waals surface area contributed by atoms with E-state index in [2.05, 4.69) is 20.8 Å². The van der Waals surface area contributed by atoms with Gasteiger partial charge in [0.05, 0.1) is 23.7 Å². The number of nitrogens with zero attached hydrogens (tertiary/aromatic N) is 4. The highest BCUT2D eigenvalue weighted by molar-refractivity contribution is 7.13. The molecule has 0 aliphatic heterocycles. The number of rotatable bonds is 5. The van der Waals surface area contributed by atoms with E-state index in [1.807, 2.05) is 17.5 Å². The zero-order valence-corrected chi connectivity index (χ0v) is 11.6. The predicted molar refractivity (Wildman–Crippen MR) is 73.9 cm³/mol. The molecule has 9 heteroatoms. The predicted octanol–water partition coefficient (Wildman–Crippen LogP) is 1.78. The smallest absolute Gasteiger partial charge is 0.388 e. The van der Waals surface area contributed by atoms with Crippen molar-refractivity contribution in [1.82, 2.24) is 25.5 Å². The highest BCUT2D eigenvalue weighted by Gasteiger charge is 2.11. The van der Waals surface area contributed by atoms with Gasteiger partial charge in [-0.25, -0.2) is 4.79 Å². The number of thiophene rings is 1. The standard InChI is InChI=1S/C12H11N5O3S/c18-12(13-3-5-17-6-4-14-16-17)19-11-8-9(20-15-11)10-2-1-7-21-10/h1-2,4,6-8H,3,5H2,(H,13,18). The molecule has 0 spiro atoms. The first-order valence-electron chi connectivity index (χ1n) is 6.11. The Balaban J connectivity index is 1.48. The molecule has 3 aromatic rings. The Morgan fingerprint density at radius 2 is 2.48 bits per heavy atom. The molecule has 0 saturated heterocycles. The van der Waals surface area contributed by atoms with E-state index < -0.39 is 6.09 Å². The summed E-state index contributed by atoms with van der Waals surface area (Å²) < 4.78 is 11.7. The van der Waals surface area contributed by atoms with E-state index >= 15 is 0 Å². The van der Waals surface area contributed by atoms with Crippen LogP contribution in [-0.2, 0) is 6.54 Å². The summed E-state index contributed by atoms with van der Waals surface area (Å²) in [4.78, 5) is 12.5. The minimum Gasteiger partial charge on any atom is -0.388 e. The Morgan fingerprint density at radius 3 is 3.24 bits per heavy atom. The molecule has 0 bridgehead atoms. The normalized spacial score (nSPS) is 10.5. The molecular formula is C12H11N5O3S. The molecule has 21 heavy (non-hydrogen) atoms. The van der Waals surface area contributed by atoms with Crippen molar-refractivity contribution in [3.8, 4) is 16.5 Å². The molecule has 3 heterocycles. The maximum absolute atomic E-state index is 11.6. The molecule has 0 atom stereocenters. The summed E-state index contributed by atoms with van der Waals surface area (Å²) in [6.07, 6.45) is 2.68. The molecular weight excluding hydrogens is 294 g/mol. The van der Waals surface area contributed by atoms with Crippen LogP contribution < -0.4 is 10.1 Å². The summed E-state index contributed by atoms with van der Waals surface area (Å²) in [5, 5.41) is 15.6. The van der Waals surface area contributed by atoms with Crippen molar-refractivity contribution in [2.75, 3.05) is 6.54 Å². The third kappa shape index (κ3) is 3.45. The van der Waals surface area contributed by atoms with Gasteiger partial charge < -0.3 is 14.6 Å². The topological polar surface area (TPSA) is 95.1 Å². The van der Waals surface area contributed by atoms with Gasteiger partial charge in [0.1, 0.15) is 0 Å². The molecule has 0 fully saturated rings. The Labute approximate surface area is 123 Å². The Hall–Kier alpha value is -2.68. The van der Waals surface area contributed by atoms with Crippen LogP contribution in [0, 0.1) is 0 Å². The quantitative estimate of drug-likeness (QED) is 0.772. The van der Waals surface area contributed by atoms with Crippen LogP contribution >= 0.6 is 11.3 Å². The first-order chi connectivity index (χ1) is 10.3. The fourth-order valence-electron chi connectivity index (χ4n) is 1.60. The van der Waals surface area contributed by atoms with E-state index in [-0.39, 0.29) is 5.88 Å². The molecule has 3 rings (SSSR count). The zero-order chi connectivity index (χ0) is 14.5. The number of hydrogen-bond donors (Lipinski definition) is 1.